The summed E-state index contributed by atoms with van der Waals surface area (Å²) in [4.78, 5) is 0. The van der Waals surface area contributed by atoms with Crippen LogP contribution in [0, 0.1) is 0 Å². The van der Waals surface area contributed by atoms with E-state index < -0.39 is 0 Å². The largest absolute Gasteiger partial charge is 0.411 e. The van der Waals surface area contributed by atoms with Gasteiger partial charge in [0.25, 0.3) is 5.22 Å². The lowest BCUT2D eigenvalue weighted by molar-refractivity contribution is 0.466. The van der Waals surface area contributed by atoms with Gasteiger partial charge in [-0.3, -0.25) is 0 Å². The molecule has 0 bridgehead atoms. The number of benzene rings is 2. The summed E-state index contributed by atoms with van der Waals surface area (Å²) in [5.74, 6) is 1.32. The van der Waals surface area contributed by atoms with Crippen LogP contribution in [0.1, 0.15) is 5.56 Å². The molecule has 0 amide bonds. The lowest BCUT2D eigenvalue weighted by Gasteiger charge is -2.03. The van der Waals surface area contributed by atoms with Crippen molar-refractivity contribution < 1.29 is 4.42 Å². The number of thioether (sulfide) groups is 1. The van der Waals surface area contributed by atoms with Crippen LogP contribution in [0.25, 0.3) is 17.1 Å². The van der Waals surface area contributed by atoms with Crippen LogP contribution in [0.5, 0.6) is 0 Å². The summed E-state index contributed by atoms with van der Waals surface area (Å²) in [6.45, 7) is 0. The molecule has 0 aliphatic rings. The molecular formula is C18H14N4OS. The van der Waals surface area contributed by atoms with Crippen molar-refractivity contribution in [2.24, 2.45) is 0 Å². The number of rotatable bonds is 5. The van der Waals surface area contributed by atoms with Crippen LogP contribution in [0.2, 0.25) is 0 Å². The van der Waals surface area contributed by atoms with Gasteiger partial charge in [-0.2, -0.15) is 5.10 Å². The number of hydrogen-bond donors (Lipinski definition) is 0. The van der Waals surface area contributed by atoms with Crippen LogP contribution in [-0.2, 0) is 5.75 Å². The van der Waals surface area contributed by atoms with Gasteiger partial charge in [0.15, 0.2) is 0 Å². The minimum Gasteiger partial charge on any atom is -0.411 e. The molecule has 0 unspecified atom stereocenters. The SMILES string of the molecule is c1ccc(-c2nnc(SCc3ccc(-n4cccn4)cc3)o2)cc1. The van der Waals surface area contributed by atoms with E-state index in [1.165, 1.54) is 17.3 Å². The zero-order valence-electron chi connectivity index (χ0n) is 12.7. The van der Waals surface area contributed by atoms with Gasteiger partial charge < -0.3 is 4.42 Å². The molecule has 6 heteroatoms. The number of nitrogens with zero attached hydrogens (tertiary/aromatic N) is 4. The van der Waals surface area contributed by atoms with Crippen molar-refractivity contribution >= 4 is 11.8 Å². The molecule has 24 heavy (non-hydrogen) atoms. The van der Waals surface area contributed by atoms with Crippen molar-refractivity contribution in [2.75, 3.05) is 0 Å². The summed E-state index contributed by atoms with van der Waals surface area (Å²) in [5, 5.41) is 13.0. The van der Waals surface area contributed by atoms with Gasteiger partial charge in [0.1, 0.15) is 0 Å². The summed E-state index contributed by atoms with van der Waals surface area (Å²) < 4.78 is 7.54. The first-order chi connectivity index (χ1) is 11.9. The highest BCUT2D eigenvalue weighted by atomic mass is 32.2. The van der Waals surface area contributed by atoms with E-state index in [4.69, 9.17) is 4.42 Å². The molecule has 2 aromatic heterocycles. The molecule has 2 heterocycles. The molecule has 4 rings (SSSR count). The maximum absolute atomic E-state index is 5.70. The fraction of sp³-hybridized carbons (Fsp3) is 0.0556. The van der Waals surface area contributed by atoms with E-state index in [1.807, 2.05) is 59.4 Å². The van der Waals surface area contributed by atoms with Crippen LogP contribution < -0.4 is 0 Å². The average molecular weight is 334 g/mol. The fourth-order valence-corrected chi connectivity index (χ4v) is 3.00. The Morgan fingerprint density at radius 2 is 1.75 bits per heavy atom. The van der Waals surface area contributed by atoms with Gasteiger partial charge in [0, 0.05) is 23.7 Å². The van der Waals surface area contributed by atoms with Gasteiger partial charge >= 0.3 is 0 Å². The summed E-state index contributed by atoms with van der Waals surface area (Å²) in [7, 11) is 0. The highest BCUT2D eigenvalue weighted by Crippen LogP contribution is 2.25. The topological polar surface area (TPSA) is 56.7 Å². The number of aromatic nitrogens is 4. The Labute approximate surface area is 143 Å². The van der Waals surface area contributed by atoms with Crippen LogP contribution in [0.15, 0.2) is 82.7 Å². The molecule has 5 nitrogen and oxygen atoms in total. The summed E-state index contributed by atoms with van der Waals surface area (Å²) in [5.41, 5.74) is 3.16. The smallest absolute Gasteiger partial charge is 0.277 e. The zero-order chi connectivity index (χ0) is 16.2. The first-order valence-electron chi connectivity index (χ1n) is 7.49. The van der Waals surface area contributed by atoms with Crippen molar-refractivity contribution in [1.29, 1.82) is 0 Å². The molecule has 0 atom stereocenters. The molecule has 0 fully saturated rings. The maximum Gasteiger partial charge on any atom is 0.277 e. The van der Waals surface area contributed by atoms with E-state index in [-0.39, 0.29) is 0 Å². The molecule has 0 saturated carbocycles. The molecular weight excluding hydrogens is 320 g/mol. The highest BCUT2D eigenvalue weighted by molar-refractivity contribution is 7.98. The van der Waals surface area contributed by atoms with Crippen LogP contribution in [0.3, 0.4) is 0 Å². The van der Waals surface area contributed by atoms with Crippen LogP contribution in [0.4, 0.5) is 0 Å². The van der Waals surface area contributed by atoms with Crippen molar-refractivity contribution in [3.8, 4) is 17.1 Å². The van der Waals surface area contributed by atoms with Gasteiger partial charge in [0.2, 0.25) is 5.89 Å². The van der Waals surface area contributed by atoms with Gasteiger partial charge in [-0.15, -0.1) is 10.2 Å². The Morgan fingerprint density at radius 1 is 0.917 bits per heavy atom. The molecule has 2 aromatic carbocycles. The Kier molecular flexibility index (Phi) is 4.12. The third kappa shape index (κ3) is 3.23. The molecule has 0 radical (unpaired) electrons. The second-order valence-corrected chi connectivity index (χ2v) is 6.07. The summed E-state index contributed by atoms with van der Waals surface area (Å²) in [6, 6.07) is 19.9. The van der Waals surface area contributed by atoms with Gasteiger partial charge in [0.05, 0.1) is 5.69 Å². The van der Waals surface area contributed by atoms with Crippen LogP contribution in [-0.4, -0.2) is 20.0 Å². The monoisotopic (exact) mass is 334 g/mol. The molecule has 0 N–H and O–H groups in total. The zero-order valence-corrected chi connectivity index (χ0v) is 13.6. The van der Waals surface area contributed by atoms with Crippen LogP contribution >= 0.6 is 11.8 Å². The van der Waals surface area contributed by atoms with E-state index in [2.05, 4.69) is 27.4 Å². The van der Waals surface area contributed by atoms with Crippen molar-refractivity contribution in [3.63, 3.8) is 0 Å². The lowest BCUT2D eigenvalue weighted by Crippen LogP contribution is -1.93. The standard InChI is InChI=1S/C18H14N4OS/c1-2-5-15(6-3-1)17-20-21-18(23-17)24-13-14-7-9-16(10-8-14)22-12-4-11-19-22/h1-12H,13H2. The molecule has 0 aliphatic carbocycles. The van der Waals surface area contributed by atoms with Crippen molar-refractivity contribution in [3.05, 3.63) is 78.6 Å². The summed E-state index contributed by atoms with van der Waals surface area (Å²) in [6.07, 6.45) is 3.69. The molecule has 0 aliphatic heterocycles. The number of hydrogen-bond acceptors (Lipinski definition) is 5. The van der Waals surface area contributed by atoms with E-state index in [1.54, 1.807) is 6.20 Å². The molecule has 0 saturated heterocycles. The van der Waals surface area contributed by atoms with E-state index in [0.717, 1.165) is 17.0 Å². The fourth-order valence-electron chi connectivity index (χ4n) is 2.28. The summed E-state index contributed by atoms with van der Waals surface area (Å²) >= 11 is 1.53. The Bertz CT molecular complexity index is 902. The van der Waals surface area contributed by atoms with Crippen molar-refractivity contribution in [2.45, 2.75) is 11.0 Å². The van der Waals surface area contributed by atoms with Crippen molar-refractivity contribution in [1.82, 2.24) is 20.0 Å². The van der Waals surface area contributed by atoms with Gasteiger partial charge in [-0.1, -0.05) is 42.1 Å². The molecule has 0 spiro atoms. The van der Waals surface area contributed by atoms with Gasteiger partial charge in [-0.05, 0) is 35.9 Å². The Hall–Kier alpha value is -2.86. The quantitative estimate of drug-likeness (QED) is 0.512. The van der Waals surface area contributed by atoms with Gasteiger partial charge in [-0.25, -0.2) is 4.68 Å². The van der Waals surface area contributed by atoms with E-state index >= 15 is 0 Å². The van der Waals surface area contributed by atoms with E-state index in [9.17, 15) is 0 Å². The molecule has 4 aromatic rings. The predicted molar refractivity (Wildman–Crippen MR) is 92.9 cm³/mol. The predicted octanol–water partition coefficient (Wildman–Crippen LogP) is 4.21. The Morgan fingerprint density at radius 3 is 2.50 bits per heavy atom. The minimum atomic E-state index is 0.548. The third-order valence-electron chi connectivity index (χ3n) is 3.49. The molecule has 118 valence electrons. The second kappa shape index (κ2) is 6.72. The lowest BCUT2D eigenvalue weighted by atomic mass is 10.2. The third-order valence-corrected chi connectivity index (χ3v) is 4.38. The minimum absolute atomic E-state index is 0.548. The first-order valence-corrected chi connectivity index (χ1v) is 8.48. The average Bonchev–Trinajstić information content (AvgIpc) is 3.33. The maximum atomic E-state index is 5.70. The Balaban J connectivity index is 1.41. The highest BCUT2D eigenvalue weighted by Gasteiger charge is 2.08. The first kappa shape index (κ1) is 14.7. The second-order valence-electron chi connectivity index (χ2n) is 5.14. The normalized spacial score (nSPS) is 10.8. The van der Waals surface area contributed by atoms with E-state index in [0.29, 0.717) is 11.1 Å².